The highest BCUT2D eigenvalue weighted by Gasteiger charge is 2.49. The number of nitrogens with two attached hydrogens (primary N) is 1. The number of aromatic nitrogens is 6. The van der Waals surface area contributed by atoms with Crippen LogP contribution in [-0.4, -0.2) is 40.3 Å². The van der Waals surface area contributed by atoms with Crippen LogP contribution in [0.5, 0.6) is 5.75 Å². The molecule has 0 saturated heterocycles. The smallest absolute Gasteiger partial charge is 0.242 e. The van der Waals surface area contributed by atoms with Crippen LogP contribution in [0.15, 0.2) is 55.1 Å². The second-order valence-corrected chi connectivity index (χ2v) is 9.16. The van der Waals surface area contributed by atoms with Crippen molar-refractivity contribution in [3.8, 4) is 17.3 Å². The van der Waals surface area contributed by atoms with E-state index in [1.54, 1.807) is 48.1 Å². The van der Waals surface area contributed by atoms with Crippen LogP contribution in [0, 0.1) is 5.82 Å². The van der Waals surface area contributed by atoms with Crippen LogP contribution >= 0.6 is 11.6 Å². The quantitative estimate of drug-likeness (QED) is 0.329. The Morgan fingerprint density at radius 1 is 1.22 bits per heavy atom. The lowest BCUT2D eigenvalue weighted by Gasteiger charge is -2.22. The van der Waals surface area contributed by atoms with Crippen LogP contribution < -0.4 is 11.1 Å². The zero-order valence-electron chi connectivity index (χ0n) is 19.3. The topological polar surface area (TPSA) is 144 Å². The van der Waals surface area contributed by atoms with Crippen molar-refractivity contribution in [1.82, 2.24) is 29.3 Å². The number of fused-ring (bicyclic) bond motifs is 2. The molecule has 1 aliphatic heterocycles. The second kappa shape index (κ2) is 8.20. The minimum Gasteiger partial charge on any atom is -0.505 e. The van der Waals surface area contributed by atoms with Gasteiger partial charge in [-0.1, -0.05) is 29.8 Å². The predicted molar refractivity (Wildman–Crippen MR) is 134 cm³/mol. The fraction of sp³-hybridized carbons (Fsp3) is 0.120. The molecule has 6 rings (SSSR count). The van der Waals surface area contributed by atoms with E-state index < -0.39 is 11.3 Å². The third-order valence-electron chi connectivity index (χ3n) is 6.46. The van der Waals surface area contributed by atoms with Crippen LogP contribution in [0.4, 0.5) is 16.0 Å². The zero-order chi connectivity index (χ0) is 25.9. The fourth-order valence-electron chi connectivity index (χ4n) is 4.51. The molecule has 1 amide bonds. The number of aromatic hydroxyl groups is 1. The number of hydrogen-bond acceptors (Lipinski definition) is 8. The standard InChI is InChI=1S/C25H18ClFN8O2/c1-25(18-9-13(26)17(36)10-30-18)19-20(28)32-21(33-22(19)34-24(25)37)16-11-35-7-6-29-23(35)15(31-16)8-12-4-2-3-5-14(12)27/h2-7,9-11,36H,8H2,1H3,(H3,28,32,33,34,37)/t25-/m1/s1. The summed E-state index contributed by atoms with van der Waals surface area (Å²) in [5.74, 6) is -0.544. The molecule has 0 aliphatic carbocycles. The summed E-state index contributed by atoms with van der Waals surface area (Å²) in [6, 6.07) is 7.86. The third-order valence-corrected chi connectivity index (χ3v) is 6.76. The Balaban J connectivity index is 1.47. The summed E-state index contributed by atoms with van der Waals surface area (Å²) in [4.78, 5) is 35.4. The number of benzene rings is 1. The number of carbonyl (C=O) groups excluding carboxylic acids is 1. The van der Waals surface area contributed by atoms with Crippen LogP contribution in [0.2, 0.25) is 5.02 Å². The van der Waals surface area contributed by atoms with Crippen LogP contribution in [0.1, 0.15) is 29.4 Å². The molecule has 0 unspecified atom stereocenters. The van der Waals surface area contributed by atoms with Crippen molar-refractivity contribution in [2.45, 2.75) is 18.8 Å². The molecule has 10 nitrogen and oxygen atoms in total. The molecule has 184 valence electrons. The maximum absolute atomic E-state index is 14.4. The fourth-order valence-corrected chi connectivity index (χ4v) is 4.66. The minimum atomic E-state index is -1.34. The number of imidazole rings is 1. The number of nitrogen functional groups attached to an aromatic ring is 1. The molecule has 37 heavy (non-hydrogen) atoms. The molecule has 5 aromatic rings. The SMILES string of the molecule is C[C@]1(c2cc(Cl)c(O)cn2)C(=O)Nc2nc(-c3cn4ccnc4c(Cc4ccccc4F)n3)nc(N)c21. The molecule has 1 aliphatic rings. The van der Waals surface area contributed by atoms with Gasteiger partial charge in [0.2, 0.25) is 5.91 Å². The highest BCUT2D eigenvalue weighted by Crippen LogP contribution is 2.45. The number of hydrogen-bond donors (Lipinski definition) is 3. The molecule has 0 saturated carbocycles. The molecule has 0 fully saturated rings. The van der Waals surface area contributed by atoms with E-state index in [1.807, 2.05) is 0 Å². The molecule has 0 bridgehead atoms. The van der Waals surface area contributed by atoms with Crippen LogP contribution in [-0.2, 0) is 16.6 Å². The first kappa shape index (κ1) is 22.8. The molecular weight excluding hydrogens is 499 g/mol. The van der Waals surface area contributed by atoms with E-state index in [-0.39, 0.29) is 46.2 Å². The van der Waals surface area contributed by atoms with Crippen molar-refractivity contribution in [1.29, 1.82) is 0 Å². The van der Waals surface area contributed by atoms with Gasteiger partial charge in [0, 0.05) is 25.0 Å². The van der Waals surface area contributed by atoms with E-state index in [0.29, 0.717) is 28.2 Å². The average Bonchev–Trinajstić information content (AvgIpc) is 3.45. The van der Waals surface area contributed by atoms with Gasteiger partial charge in [-0.05, 0) is 24.6 Å². The van der Waals surface area contributed by atoms with Crippen molar-refractivity contribution < 1.29 is 14.3 Å². The number of nitrogens with zero attached hydrogens (tertiary/aromatic N) is 6. The third kappa shape index (κ3) is 3.54. The monoisotopic (exact) mass is 516 g/mol. The lowest BCUT2D eigenvalue weighted by atomic mass is 9.81. The van der Waals surface area contributed by atoms with Crippen molar-refractivity contribution in [2.75, 3.05) is 11.1 Å². The minimum absolute atomic E-state index is 0.0452. The largest absolute Gasteiger partial charge is 0.505 e. The molecule has 5 heterocycles. The molecule has 0 radical (unpaired) electrons. The van der Waals surface area contributed by atoms with Gasteiger partial charge in [0.05, 0.1) is 28.2 Å². The molecule has 12 heteroatoms. The summed E-state index contributed by atoms with van der Waals surface area (Å²) >= 11 is 6.07. The first-order valence-electron chi connectivity index (χ1n) is 11.2. The summed E-state index contributed by atoms with van der Waals surface area (Å²) in [5, 5.41) is 12.6. The number of nitrogens with one attached hydrogen (secondary N) is 1. The molecule has 1 aromatic carbocycles. The van der Waals surface area contributed by atoms with Gasteiger partial charge in [0.1, 0.15) is 28.6 Å². The van der Waals surface area contributed by atoms with Crippen LogP contribution in [0.25, 0.3) is 17.2 Å². The number of pyridine rings is 1. The maximum Gasteiger partial charge on any atom is 0.242 e. The van der Waals surface area contributed by atoms with Gasteiger partial charge >= 0.3 is 0 Å². The first-order valence-corrected chi connectivity index (χ1v) is 11.5. The Labute approximate surface area is 214 Å². The van der Waals surface area contributed by atoms with Crippen molar-refractivity contribution >= 4 is 34.8 Å². The van der Waals surface area contributed by atoms with Gasteiger partial charge in [0.15, 0.2) is 17.2 Å². The average molecular weight is 517 g/mol. The number of carbonyl (C=O) groups is 1. The van der Waals surface area contributed by atoms with Crippen molar-refractivity contribution in [3.05, 3.63) is 88.5 Å². The van der Waals surface area contributed by atoms with Gasteiger partial charge in [-0.25, -0.2) is 24.3 Å². The lowest BCUT2D eigenvalue weighted by Crippen LogP contribution is -2.34. The molecular formula is C25H18ClFN8O2. The molecule has 4 N–H and O–H groups in total. The summed E-state index contributed by atoms with van der Waals surface area (Å²) < 4.78 is 16.1. The molecule has 0 spiro atoms. The van der Waals surface area contributed by atoms with Gasteiger partial charge in [0.25, 0.3) is 0 Å². The molecule has 1 atom stereocenters. The van der Waals surface area contributed by atoms with E-state index >= 15 is 0 Å². The van der Waals surface area contributed by atoms with E-state index in [1.165, 1.54) is 18.3 Å². The Hall–Kier alpha value is -4.64. The highest BCUT2D eigenvalue weighted by molar-refractivity contribution is 6.32. The summed E-state index contributed by atoms with van der Waals surface area (Å²) in [6.07, 6.45) is 6.41. The number of anilines is 2. The molecule has 4 aromatic heterocycles. The van der Waals surface area contributed by atoms with E-state index in [4.69, 9.17) is 17.3 Å². The lowest BCUT2D eigenvalue weighted by molar-refractivity contribution is -0.119. The van der Waals surface area contributed by atoms with E-state index in [0.717, 1.165) is 0 Å². The van der Waals surface area contributed by atoms with Crippen LogP contribution in [0.3, 0.4) is 0 Å². The van der Waals surface area contributed by atoms with Gasteiger partial charge < -0.3 is 20.6 Å². The normalized spacial score (nSPS) is 16.7. The zero-order valence-corrected chi connectivity index (χ0v) is 20.0. The Kier molecular flexibility index (Phi) is 5.06. The summed E-state index contributed by atoms with van der Waals surface area (Å²) in [7, 11) is 0. The Morgan fingerprint density at radius 3 is 2.81 bits per heavy atom. The highest BCUT2D eigenvalue weighted by atomic mass is 35.5. The van der Waals surface area contributed by atoms with Gasteiger partial charge in [-0.15, -0.1) is 0 Å². The first-order chi connectivity index (χ1) is 17.8. The number of amides is 1. The second-order valence-electron chi connectivity index (χ2n) is 8.76. The summed E-state index contributed by atoms with van der Waals surface area (Å²) in [6.45, 7) is 1.63. The predicted octanol–water partition coefficient (Wildman–Crippen LogP) is 3.51. The van der Waals surface area contributed by atoms with Gasteiger partial charge in [-0.2, -0.15) is 0 Å². The maximum atomic E-state index is 14.4. The summed E-state index contributed by atoms with van der Waals surface area (Å²) in [5.41, 5.74) is 7.57. The number of halogens is 2. The van der Waals surface area contributed by atoms with Gasteiger partial charge in [-0.3, -0.25) is 9.78 Å². The van der Waals surface area contributed by atoms with E-state index in [2.05, 4.69) is 30.2 Å². The van der Waals surface area contributed by atoms with Crippen molar-refractivity contribution in [2.24, 2.45) is 0 Å². The Morgan fingerprint density at radius 2 is 2.03 bits per heavy atom. The van der Waals surface area contributed by atoms with E-state index in [9.17, 15) is 14.3 Å². The van der Waals surface area contributed by atoms with Crippen molar-refractivity contribution in [3.63, 3.8) is 0 Å². The number of rotatable bonds is 4. The Bertz CT molecular complexity index is 1740.